The Bertz CT molecular complexity index is 450. The van der Waals surface area contributed by atoms with Crippen LogP contribution in [-0.4, -0.2) is 6.10 Å². The molecular weight excluding hydrogens is 248 g/mol. The van der Waals surface area contributed by atoms with Crippen molar-refractivity contribution in [3.05, 3.63) is 23.8 Å². The molecule has 2 N–H and O–H groups in total. The van der Waals surface area contributed by atoms with Gasteiger partial charge in [-0.25, -0.2) is 8.78 Å². The van der Waals surface area contributed by atoms with Crippen LogP contribution in [0.25, 0.3) is 0 Å². The fourth-order valence-electron chi connectivity index (χ4n) is 3.21. The zero-order valence-electron chi connectivity index (χ0n) is 11.7. The molecule has 0 aliphatic heterocycles. The first-order chi connectivity index (χ1) is 8.77. The molecule has 1 aliphatic rings. The summed E-state index contributed by atoms with van der Waals surface area (Å²) in [6.45, 7) is 6.47. The Labute approximate surface area is 112 Å². The average molecular weight is 269 g/mol. The minimum Gasteiger partial charge on any atom is -0.484 e. The summed E-state index contributed by atoms with van der Waals surface area (Å²) in [5.74, 6) is -1.26. The van der Waals surface area contributed by atoms with E-state index in [-0.39, 0.29) is 23.0 Å². The van der Waals surface area contributed by atoms with E-state index in [1.807, 2.05) is 0 Å². The first kappa shape index (κ1) is 14.1. The second-order valence-corrected chi connectivity index (χ2v) is 6.47. The molecule has 0 heterocycles. The maximum absolute atomic E-state index is 13.7. The predicted octanol–water partition coefficient (Wildman–Crippen LogP) is 4.14. The Balaban J connectivity index is 2.17. The molecule has 2 unspecified atom stereocenters. The number of ether oxygens (including phenoxy) is 1. The Kier molecular flexibility index (Phi) is 3.70. The molecule has 2 rings (SSSR count). The fourth-order valence-corrected chi connectivity index (χ4v) is 3.21. The van der Waals surface area contributed by atoms with Crippen LogP contribution in [0.4, 0.5) is 14.5 Å². The van der Waals surface area contributed by atoms with Gasteiger partial charge in [0.05, 0.1) is 6.10 Å². The average Bonchev–Trinajstić information content (AvgIpc) is 2.20. The highest BCUT2D eigenvalue weighted by Gasteiger charge is 2.34. The van der Waals surface area contributed by atoms with Crippen molar-refractivity contribution in [3.63, 3.8) is 0 Å². The number of nitrogen functional groups attached to an aromatic ring is 1. The molecule has 19 heavy (non-hydrogen) atoms. The Morgan fingerprint density at radius 3 is 2.32 bits per heavy atom. The van der Waals surface area contributed by atoms with E-state index in [1.54, 1.807) is 0 Å². The largest absolute Gasteiger partial charge is 0.484 e. The van der Waals surface area contributed by atoms with Gasteiger partial charge < -0.3 is 10.5 Å². The first-order valence-electron chi connectivity index (χ1n) is 6.68. The zero-order valence-corrected chi connectivity index (χ0v) is 11.7. The van der Waals surface area contributed by atoms with Gasteiger partial charge >= 0.3 is 0 Å². The standard InChI is InChI=1S/C15H21F2NO/c1-9-4-11(8-15(2,3)7-9)19-14-12(16)5-10(18)6-13(14)17/h5-6,9,11H,4,7-8,18H2,1-3H3. The van der Waals surface area contributed by atoms with E-state index in [2.05, 4.69) is 20.8 Å². The highest BCUT2D eigenvalue weighted by atomic mass is 19.1. The van der Waals surface area contributed by atoms with Gasteiger partial charge in [0.2, 0.25) is 0 Å². The quantitative estimate of drug-likeness (QED) is 0.819. The third kappa shape index (κ3) is 3.37. The second-order valence-electron chi connectivity index (χ2n) is 6.47. The van der Waals surface area contributed by atoms with Crippen LogP contribution in [0, 0.1) is 23.0 Å². The number of halogens is 2. The minimum absolute atomic E-state index is 0.0692. The van der Waals surface area contributed by atoms with Crippen molar-refractivity contribution < 1.29 is 13.5 Å². The van der Waals surface area contributed by atoms with Crippen LogP contribution in [0.2, 0.25) is 0 Å². The van der Waals surface area contributed by atoms with Gasteiger partial charge in [0.1, 0.15) is 0 Å². The molecule has 0 amide bonds. The monoisotopic (exact) mass is 269 g/mol. The van der Waals surface area contributed by atoms with Crippen molar-refractivity contribution >= 4 is 5.69 Å². The van der Waals surface area contributed by atoms with Gasteiger partial charge in [-0.1, -0.05) is 20.8 Å². The second kappa shape index (κ2) is 4.99. The van der Waals surface area contributed by atoms with Gasteiger partial charge in [0, 0.05) is 17.8 Å². The first-order valence-corrected chi connectivity index (χ1v) is 6.68. The number of hydrogen-bond acceptors (Lipinski definition) is 2. The number of anilines is 1. The summed E-state index contributed by atoms with van der Waals surface area (Å²) < 4.78 is 33.0. The summed E-state index contributed by atoms with van der Waals surface area (Å²) in [5, 5.41) is 0. The van der Waals surface area contributed by atoms with Crippen LogP contribution in [0.5, 0.6) is 5.75 Å². The maximum atomic E-state index is 13.7. The Morgan fingerprint density at radius 1 is 1.21 bits per heavy atom. The van der Waals surface area contributed by atoms with Crippen LogP contribution in [0.1, 0.15) is 40.0 Å². The summed E-state index contributed by atoms with van der Waals surface area (Å²) in [6.07, 6.45) is 2.60. The van der Waals surface area contributed by atoms with Crippen LogP contribution in [0.3, 0.4) is 0 Å². The van der Waals surface area contributed by atoms with E-state index in [9.17, 15) is 8.78 Å². The van der Waals surface area contributed by atoms with Crippen molar-refractivity contribution in [2.24, 2.45) is 11.3 Å². The van der Waals surface area contributed by atoms with Gasteiger partial charge in [0.25, 0.3) is 0 Å². The Hall–Kier alpha value is -1.32. The van der Waals surface area contributed by atoms with Crippen molar-refractivity contribution in [3.8, 4) is 5.75 Å². The molecule has 0 spiro atoms. The van der Waals surface area contributed by atoms with Gasteiger partial charge in [-0.05, 0) is 30.6 Å². The lowest BCUT2D eigenvalue weighted by Gasteiger charge is -2.38. The SMILES string of the molecule is CC1CC(Oc2c(F)cc(N)cc2F)CC(C)(C)C1. The third-order valence-corrected chi connectivity index (χ3v) is 3.65. The highest BCUT2D eigenvalue weighted by Crippen LogP contribution is 2.40. The van der Waals surface area contributed by atoms with Crippen molar-refractivity contribution in [2.75, 3.05) is 5.73 Å². The van der Waals surface area contributed by atoms with E-state index in [4.69, 9.17) is 10.5 Å². The molecule has 4 heteroatoms. The molecule has 1 fully saturated rings. The van der Waals surface area contributed by atoms with Crippen molar-refractivity contribution in [1.82, 2.24) is 0 Å². The molecule has 0 radical (unpaired) electrons. The van der Waals surface area contributed by atoms with Crippen molar-refractivity contribution in [2.45, 2.75) is 46.1 Å². The fraction of sp³-hybridized carbons (Fsp3) is 0.600. The lowest BCUT2D eigenvalue weighted by molar-refractivity contribution is 0.0508. The lowest BCUT2D eigenvalue weighted by Crippen LogP contribution is -2.34. The summed E-state index contributed by atoms with van der Waals surface area (Å²) >= 11 is 0. The molecule has 2 nitrogen and oxygen atoms in total. The molecule has 2 atom stereocenters. The molecule has 1 aliphatic carbocycles. The topological polar surface area (TPSA) is 35.2 Å². The van der Waals surface area contributed by atoms with Gasteiger partial charge in [-0.2, -0.15) is 0 Å². The molecule has 0 bridgehead atoms. The highest BCUT2D eigenvalue weighted by molar-refractivity contribution is 5.44. The van der Waals surface area contributed by atoms with Crippen LogP contribution < -0.4 is 10.5 Å². The maximum Gasteiger partial charge on any atom is 0.191 e. The normalized spacial score (nSPS) is 26.2. The van der Waals surface area contributed by atoms with E-state index < -0.39 is 11.6 Å². The molecule has 106 valence electrons. The third-order valence-electron chi connectivity index (χ3n) is 3.65. The Morgan fingerprint density at radius 2 is 1.79 bits per heavy atom. The smallest absolute Gasteiger partial charge is 0.191 e. The van der Waals surface area contributed by atoms with Crippen LogP contribution in [-0.2, 0) is 0 Å². The molecule has 1 aromatic rings. The van der Waals surface area contributed by atoms with Crippen molar-refractivity contribution in [1.29, 1.82) is 0 Å². The summed E-state index contributed by atoms with van der Waals surface area (Å²) in [7, 11) is 0. The summed E-state index contributed by atoms with van der Waals surface area (Å²) in [4.78, 5) is 0. The zero-order chi connectivity index (χ0) is 14.2. The predicted molar refractivity (Wildman–Crippen MR) is 72.0 cm³/mol. The van der Waals surface area contributed by atoms with Crippen LogP contribution >= 0.6 is 0 Å². The number of hydrogen-bond donors (Lipinski definition) is 1. The van der Waals surface area contributed by atoms with Crippen LogP contribution in [0.15, 0.2) is 12.1 Å². The molecular formula is C15H21F2NO. The van der Waals surface area contributed by atoms with Gasteiger partial charge in [-0.15, -0.1) is 0 Å². The molecule has 0 aromatic heterocycles. The number of benzene rings is 1. The van der Waals surface area contributed by atoms with E-state index in [0.717, 1.165) is 31.4 Å². The molecule has 1 aromatic carbocycles. The van der Waals surface area contributed by atoms with Gasteiger partial charge in [-0.3, -0.25) is 0 Å². The van der Waals surface area contributed by atoms with Gasteiger partial charge in [0.15, 0.2) is 17.4 Å². The van der Waals surface area contributed by atoms with E-state index in [1.165, 1.54) is 0 Å². The lowest BCUT2D eigenvalue weighted by atomic mass is 9.71. The number of nitrogens with two attached hydrogens (primary N) is 1. The van der Waals surface area contributed by atoms with E-state index in [0.29, 0.717) is 5.92 Å². The molecule has 1 saturated carbocycles. The van der Waals surface area contributed by atoms with E-state index >= 15 is 0 Å². The minimum atomic E-state index is -0.728. The summed E-state index contributed by atoms with van der Waals surface area (Å²) in [6, 6.07) is 2.19. The number of rotatable bonds is 2. The summed E-state index contributed by atoms with van der Waals surface area (Å²) in [5.41, 5.74) is 5.60. The molecule has 0 saturated heterocycles.